The first-order valence-corrected chi connectivity index (χ1v) is 7.63. The molecule has 1 unspecified atom stereocenters. The van der Waals surface area contributed by atoms with E-state index in [0.29, 0.717) is 5.75 Å². The summed E-state index contributed by atoms with van der Waals surface area (Å²) in [5, 5.41) is 12.3. The van der Waals surface area contributed by atoms with Gasteiger partial charge in [-0.1, -0.05) is 36.4 Å². The van der Waals surface area contributed by atoms with Crippen LogP contribution in [-0.2, 0) is 0 Å². The van der Waals surface area contributed by atoms with Crippen LogP contribution in [0.5, 0.6) is 11.5 Å². The van der Waals surface area contributed by atoms with E-state index in [-0.39, 0.29) is 5.92 Å². The van der Waals surface area contributed by atoms with Gasteiger partial charge in [0.15, 0.2) is 0 Å². The zero-order valence-electron chi connectivity index (χ0n) is 11.7. The van der Waals surface area contributed by atoms with Crippen molar-refractivity contribution in [2.75, 3.05) is 7.11 Å². The number of aromatic hydroxyl groups is 1. The van der Waals surface area contributed by atoms with Gasteiger partial charge in [-0.2, -0.15) is 0 Å². The molecule has 2 aromatic carbocycles. The highest BCUT2D eigenvalue weighted by Crippen LogP contribution is 2.38. The van der Waals surface area contributed by atoms with Crippen LogP contribution in [0.15, 0.2) is 66.0 Å². The minimum absolute atomic E-state index is 0.0390. The Morgan fingerprint density at radius 1 is 0.952 bits per heavy atom. The molecule has 0 aliphatic rings. The van der Waals surface area contributed by atoms with Crippen molar-refractivity contribution in [2.24, 2.45) is 0 Å². The Labute approximate surface area is 128 Å². The summed E-state index contributed by atoms with van der Waals surface area (Å²) in [6, 6.07) is 19.7. The highest BCUT2D eigenvalue weighted by molar-refractivity contribution is 7.10. The van der Waals surface area contributed by atoms with Gasteiger partial charge in [-0.25, -0.2) is 0 Å². The van der Waals surface area contributed by atoms with Gasteiger partial charge in [0, 0.05) is 16.4 Å². The van der Waals surface area contributed by atoms with Crippen molar-refractivity contribution in [1.29, 1.82) is 0 Å². The molecule has 1 atom stereocenters. The third kappa shape index (κ3) is 2.78. The topological polar surface area (TPSA) is 29.5 Å². The molecule has 1 heterocycles. The van der Waals surface area contributed by atoms with E-state index in [2.05, 4.69) is 23.6 Å². The lowest BCUT2D eigenvalue weighted by atomic mass is 9.89. The Balaban J connectivity index is 2.10. The fourth-order valence-electron chi connectivity index (χ4n) is 2.48. The second-order valence-electron chi connectivity index (χ2n) is 4.78. The van der Waals surface area contributed by atoms with Gasteiger partial charge in [-0.3, -0.25) is 0 Å². The smallest absolute Gasteiger partial charge is 0.119 e. The Kier molecular flexibility index (Phi) is 3.93. The van der Waals surface area contributed by atoms with Gasteiger partial charge in [0.05, 0.1) is 7.11 Å². The van der Waals surface area contributed by atoms with Crippen molar-refractivity contribution in [1.82, 2.24) is 0 Å². The number of para-hydroxylation sites is 1. The quantitative estimate of drug-likeness (QED) is 0.760. The number of phenolic OH excluding ortho intramolecular Hbond substituents is 1. The second-order valence-corrected chi connectivity index (χ2v) is 5.76. The first-order chi connectivity index (χ1) is 10.3. The number of phenols is 1. The van der Waals surface area contributed by atoms with Crippen LogP contribution in [0.25, 0.3) is 0 Å². The van der Waals surface area contributed by atoms with Crippen molar-refractivity contribution in [3.63, 3.8) is 0 Å². The predicted octanol–water partition coefficient (Wildman–Crippen LogP) is 4.64. The number of thiophene rings is 1. The largest absolute Gasteiger partial charge is 0.508 e. The van der Waals surface area contributed by atoms with Gasteiger partial charge in [0.25, 0.3) is 0 Å². The van der Waals surface area contributed by atoms with Gasteiger partial charge in [-0.15, -0.1) is 11.3 Å². The summed E-state index contributed by atoms with van der Waals surface area (Å²) in [7, 11) is 1.66. The van der Waals surface area contributed by atoms with E-state index < -0.39 is 0 Å². The lowest BCUT2D eigenvalue weighted by Crippen LogP contribution is -2.01. The monoisotopic (exact) mass is 296 g/mol. The Bertz CT molecular complexity index is 702. The van der Waals surface area contributed by atoms with Crippen LogP contribution in [0.3, 0.4) is 0 Å². The molecule has 0 aliphatic carbocycles. The number of ether oxygens (including phenoxy) is 1. The maximum Gasteiger partial charge on any atom is 0.119 e. The molecule has 0 bridgehead atoms. The molecule has 0 aliphatic heterocycles. The van der Waals surface area contributed by atoms with Crippen LogP contribution in [0.2, 0.25) is 0 Å². The molecule has 0 fully saturated rings. The number of benzene rings is 2. The maximum atomic E-state index is 10.2. The molecule has 1 N–H and O–H groups in total. The van der Waals surface area contributed by atoms with E-state index in [0.717, 1.165) is 16.9 Å². The van der Waals surface area contributed by atoms with Crippen molar-refractivity contribution in [2.45, 2.75) is 5.92 Å². The van der Waals surface area contributed by atoms with Gasteiger partial charge in [-0.05, 0) is 35.2 Å². The fraction of sp³-hybridized carbons (Fsp3) is 0.111. The van der Waals surface area contributed by atoms with E-state index in [9.17, 15) is 5.11 Å². The highest BCUT2D eigenvalue weighted by Gasteiger charge is 2.20. The Morgan fingerprint density at radius 2 is 1.71 bits per heavy atom. The van der Waals surface area contributed by atoms with E-state index in [4.69, 9.17) is 4.74 Å². The Morgan fingerprint density at radius 3 is 2.33 bits per heavy atom. The van der Waals surface area contributed by atoms with Crippen LogP contribution in [-0.4, -0.2) is 12.2 Å². The molecule has 0 saturated carbocycles. The molecule has 2 nitrogen and oxygen atoms in total. The van der Waals surface area contributed by atoms with E-state index >= 15 is 0 Å². The van der Waals surface area contributed by atoms with Gasteiger partial charge in [0.2, 0.25) is 0 Å². The molecule has 1 aromatic heterocycles. The van der Waals surface area contributed by atoms with Crippen LogP contribution >= 0.6 is 11.3 Å². The normalized spacial score (nSPS) is 12.0. The minimum atomic E-state index is 0.0390. The number of rotatable bonds is 4. The first kappa shape index (κ1) is 13.7. The summed E-state index contributed by atoms with van der Waals surface area (Å²) >= 11 is 1.70. The molecule has 3 heteroatoms. The molecular formula is C18H16O2S. The third-order valence-corrected chi connectivity index (χ3v) is 4.46. The average Bonchev–Trinajstić information content (AvgIpc) is 3.04. The summed E-state index contributed by atoms with van der Waals surface area (Å²) in [4.78, 5) is 1.21. The lowest BCUT2D eigenvalue weighted by molar-refractivity contribution is 0.414. The van der Waals surface area contributed by atoms with E-state index in [1.165, 1.54) is 4.88 Å². The van der Waals surface area contributed by atoms with Crippen molar-refractivity contribution in [3.05, 3.63) is 82.0 Å². The van der Waals surface area contributed by atoms with Crippen LogP contribution in [0.4, 0.5) is 0 Å². The molecule has 3 aromatic rings. The summed E-state index contributed by atoms with van der Waals surface area (Å²) in [6.45, 7) is 0. The molecule has 106 valence electrons. The summed E-state index contributed by atoms with van der Waals surface area (Å²) in [5.41, 5.74) is 2.06. The van der Waals surface area contributed by atoms with E-state index in [1.807, 2.05) is 36.4 Å². The van der Waals surface area contributed by atoms with Crippen LogP contribution in [0, 0.1) is 0 Å². The first-order valence-electron chi connectivity index (χ1n) is 6.75. The molecular weight excluding hydrogens is 280 g/mol. The summed E-state index contributed by atoms with van der Waals surface area (Å²) in [5.74, 6) is 1.20. The lowest BCUT2D eigenvalue weighted by Gasteiger charge is -2.18. The highest BCUT2D eigenvalue weighted by atomic mass is 32.1. The summed E-state index contributed by atoms with van der Waals surface area (Å²) < 4.78 is 5.22. The third-order valence-electron chi connectivity index (χ3n) is 3.52. The molecule has 21 heavy (non-hydrogen) atoms. The van der Waals surface area contributed by atoms with Gasteiger partial charge in [0.1, 0.15) is 11.5 Å². The van der Waals surface area contributed by atoms with Crippen LogP contribution < -0.4 is 4.74 Å². The average molecular weight is 296 g/mol. The Hall–Kier alpha value is -2.26. The SMILES string of the molecule is COc1ccc(C(c2cccs2)c2ccccc2O)cc1. The van der Waals surface area contributed by atoms with Crippen molar-refractivity contribution < 1.29 is 9.84 Å². The summed E-state index contributed by atoms with van der Waals surface area (Å²) in [6.07, 6.45) is 0. The second kappa shape index (κ2) is 6.02. The fourth-order valence-corrected chi connectivity index (χ4v) is 3.35. The zero-order valence-corrected chi connectivity index (χ0v) is 12.5. The predicted molar refractivity (Wildman–Crippen MR) is 86.4 cm³/mol. The molecule has 0 amide bonds. The molecule has 0 spiro atoms. The number of hydrogen-bond acceptors (Lipinski definition) is 3. The molecule has 3 rings (SSSR count). The van der Waals surface area contributed by atoms with E-state index in [1.54, 1.807) is 24.5 Å². The van der Waals surface area contributed by atoms with Crippen molar-refractivity contribution >= 4 is 11.3 Å². The molecule has 0 radical (unpaired) electrons. The molecule has 0 saturated heterocycles. The maximum absolute atomic E-state index is 10.2. The zero-order chi connectivity index (χ0) is 14.7. The van der Waals surface area contributed by atoms with Crippen molar-refractivity contribution in [3.8, 4) is 11.5 Å². The standard InChI is InChI=1S/C18H16O2S/c1-20-14-10-8-13(9-11-14)18(17-7-4-12-21-17)15-5-2-3-6-16(15)19/h2-12,18-19H,1H3. The number of methoxy groups -OCH3 is 1. The number of hydrogen-bond donors (Lipinski definition) is 1. The van der Waals surface area contributed by atoms with Crippen LogP contribution in [0.1, 0.15) is 21.9 Å². The van der Waals surface area contributed by atoms with Gasteiger partial charge < -0.3 is 9.84 Å². The van der Waals surface area contributed by atoms with Gasteiger partial charge >= 0.3 is 0 Å². The minimum Gasteiger partial charge on any atom is -0.508 e.